The van der Waals surface area contributed by atoms with Crippen LogP contribution in [0.4, 0.5) is 0 Å². The third-order valence-electron chi connectivity index (χ3n) is 20.8. The van der Waals surface area contributed by atoms with Gasteiger partial charge in [0.25, 0.3) is 0 Å². The van der Waals surface area contributed by atoms with Gasteiger partial charge in [-0.2, -0.15) is 0 Å². The number of hydrogen-bond acceptors (Lipinski definition) is 15. The molecule has 0 aromatic rings. The predicted molar refractivity (Wildman–Crippen MR) is 437 cm³/mol. The molecule has 0 bridgehead atoms. The van der Waals surface area contributed by atoms with Crippen molar-refractivity contribution in [1.82, 2.24) is 0 Å². The molecule has 0 aliphatic carbocycles. The number of phosphoric ester groups is 2. The van der Waals surface area contributed by atoms with E-state index in [1.807, 2.05) is 0 Å². The summed E-state index contributed by atoms with van der Waals surface area (Å²) in [6.45, 7) is 9.65. The lowest BCUT2D eigenvalue weighted by Gasteiger charge is -2.21. The highest BCUT2D eigenvalue weighted by atomic mass is 31.2. The Bertz CT molecular complexity index is 2030. The van der Waals surface area contributed by atoms with Crippen LogP contribution >= 0.6 is 15.6 Å². The fourth-order valence-corrected chi connectivity index (χ4v) is 15.1. The molecule has 0 aliphatic heterocycles. The number of rotatable bonds is 86. The molecule has 0 radical (unpaired) electrons. The average molecular weight is 1550 g/mol. The van der Waals surface area contributed by atoms with Gasteiger partial charge in [-0.15, -0.1) is 0 Å². The van der Waals surface area contributed by atoms with E-state index in [1.54, 1.807) is 0 Å². The van der Waals surface area contributed by atoms with Gasteiger partial charge in [-0.25, -0.2) is 9.13 Å². The van der Waals surface area contributed by atoms with Crippen LogP contribution in [0.15, 0.2) is 0 Å². The Morgan fingerprint density at radius 1 is 0.274 bits per heavy atom. The number of carbonyl (C=O) groups is 4. The lowest BCUT2D eigenvalue weighted by atomic mass is 10.00. The first kappa shape index (κ1) is 104. The minimum absolute atomic E-state index is 0.107. The molecule has 0 aliphatic rings. The van der Waals surface area contributed by atoms with Crippen molar-refractivity contribution in [1.29, 1.82) is 0 Å². The monoisotopic (exact) mass is 1550 g/mol. The molecule has 19 heteroatoms. The summed E-state index contributed by atoms with van der Waals surface area (Å²) >= 11 is 0. The van der Waals surface area contributed by atoms with Crippen LogP contribution in [-0.4, -0.2) is 96.7 Å². The van der Waals surface area contributed by atoms with E-state index >= 15 is 0 Å². The highest BCUT2D eigenvalue weighted by Crippen LogP contribution is 2.45. The number of esters is 4. The van der Waals surface area contributed by atoms with E-state index in [9.17, 15) is 43.2 Å². The predicted octanol–water partition coefficient (Wildman–Crippen LogP) is 26.6. The van der Waals surface area contributed by atoms with Gasteiger partial charge in [0.05, 0.1) is 26.4 Å². The molecule has 0 amide bonds. The number of hydrogen-bond donors (Lipinski definition) is 3. The van der Waals surface area contributed by atoms with Crippen LogP contribution < -0.4 is 0 Å². The van der Waals surface area contributed by atoms with Crippen molar-refractivity contribution in [2.24, 2.45) is 11.8 Å². The van der Waals surface area contributed by atoms with E-state index in [0.29, 0.717) is 25.7 Å². The summed E-state index contributed by atoms with van der Waals surface area (Å²) in [4.78, 5) is 73.2. The van der Waals surface area contributed by atoms with Crippen LogP contribution in [0.3, 0.4) is 0 Å². The lowest BCUT2D eigenvalue weighted by Crippen LogP contribution is -2.30. The molecule has 3 unspecified atom stereocenters. The molecule has 6 atom stereocenters. The first-order valence-corrected chi connectivity index (χ1v) is 48.0. The van der Waals surface area contributed by atoms with Gasteiger partial charge in [0.1, 0.15) is 19.3 Å². The second-order valence-electron chi connectivity index (χ2n) is 32.0. The van der Waals surface area contributed by atoms with Crippen LogP contribution in [0.1, 0.15) is 465 Å². The van der Waals surface area contributed by atoms with E-state index in [0.717, 1.165) is 108 Å². The van der Waals surface area contributed by atoms with Crippen molar-refractivity contribution in [2.45, 2.75) is 484 Å². The van der Waals surface area contributed by atoms with Crippen molar-refractivity contribution < 1.29 is 80.2 Å². The largest absolute Gasteiger partial charge is 0.472 e. The SMILES string of the molecule is CCCCCCCCCCCCCCCCCCCCCCCC(=O)O[C@H](COC(=O)CCCCCCCCCCCCCCCCCCCCC)COP(=O)(O)OC[C@@H](O)COP(=O)(O)OC[C@@H](COC(=O)CCCCCCCCC(C)CC)OC(=O)CCCCCCCCCCCCCCCC(C)C. The van der Waals surface area contributed by atoms with Gasteiger partial charge in [0.15, 0.2) is 12.2 Å². The fraction of sp³-hybridized carbons (Fsp3) is 0.954. The van der Waals surface area contributed by atoms with Crippen molar-refractivity contribution >= 4 is 39.5 Å². The molecule has 0 saturated carbocycles. The van der Waals surface area contributed by atoms with E-state index in [4.69, 9.17) is 37.0 Å². The van der Waals surface area contributed by atoms with Crippen LogP contribution in [0.5, 0.6) is 0 Å². The maximum absolute atomic E-state index is 13.2. The Labute approximate surface area is 651 Å². The summed E-state index contributed by atoms with van der Waals surface area (Å²) in [6, 6.07) is 0. The highest BCUT2D eigenvalue weighted by molar-refractivity contribution is 7.47. The summed E-state index contributed by atoms with van der Waals surface area (Å²) in [7, 11) is -9.93. The first-order chi connectivity index (χ1) is 51.4. The van der Waals surface area contributed by atoms with Gasteiger partial charge in [0, 0.05) is 25.7 Å². The van der Waals surface area contributed by atoms with Gasteiger partial charge < -0.3 is 33.8 Å². The molecule has 630 valence electrons. The first-order valence-electron chi connectivity index (χ1n) is 45.0. The third-order valence-corrected chi connectivity index (χ3v) is 22.7. The van der Waals surface area contributed by atoms with Crippen LogP contribution in [0.2, 0.25) is 0 Å². The molecular formula is C87H170O17P2. The summed E-state index contributed by atoms with van der Waals surface area (Å²) in [5, 5.41) is 10.7. The number of aliphatic hydroxyl groups is 1. The molecule has 106 heavy (non-hydrogen) atoms. The number of unbranched alkanes of at least 4 members (excludes halogenated alkanes) is 55. The smallest absolute Gasteiger partial charge is 0.462 e. The summed E-state index contributed by atoms with van der Waals surface area (Å²) in [6.07, 6.45) is 71.0. The zero-order chi connectivity index (χ0) is 77.8. The lowest BCUT2D eigenvalue weighted by molar-refractivity contribution is -0.161. The minimum Gasteiger partial charge on any atom is -0.462 e. The number of aliphatic hydroxyl groups excluding tert-OH is 1. The molecule has 0 spiro atoms. The van der Waals surface area contributed by atoms with E-state index in [2.05, 4.69) is 41.5 Å². The average Bonchev–Trinajstić information content (AvgIpc) is 0.901. The molecule has 0 rings (SSSR count). The summed E-state index contributed by atoms with van der Waals surface area (Å²) in [5.74, 6) is -0.586. The van der Waals surface area contributed by atoms with Gasteiger partial charge in [-0.3, -0.25) is 37.3 Å². The molecule has 0 fully saturated rings. The normalized spacial score (nSPS) is 14.1. The van der Waals surface area contributed by atoms with Crippen LogP contribution in [-0.2, 0) is 65.4 Å². The van der Waals surface area contributed by atoms with Crippen molar-refractivity contribution in [2.75, 3.05) is 39.6 Å². The van der Waals surface area contributed by atoms with Crippen LogP contribution in [0, 0.1) is 11.8 Å². The molecule has 0 heterocycles. The van der Waals surface area contributed by atoms with E-state index in [-0.39, 0.29) is 25.7 Å². The molecule has 0 aromatic carbocycles. The van der Waals surface area contributed by atoms with E-state index in [1.165, 1.54) is 276 Å². The number of carbonyl (C=O) groups excluding carboxylic acids is 4. The van der Waals surface area contributed by atoms with Gasteiger partial charge in [-0.05, 0) is 37.5 Å². The molecule has 17 nitrogen and oxygen atoms in total. The molecule has 0 saturated heterocycles. The summed E-state index contributed by atoms with van der Waals surface area (Å²) in [5.41, 5.74) is 0. The highest BCUT2D eigenvalue weighted by Gasteiger charge is 2.30. The topological polar surface area (TPSA) is 237 Å². The van der Waals surface area contributed by atoms with Gasteiger partial charge in [-0.1, -0.05) is 414 Å². The third kappa shape index (κ3) is 78.7. The maximum atomic E-state index is 13.2. The quantitative estimate of drug-likeness (QED) is 0.0222. The Hall–Kier alpha value is -1.94. The molecule has 0 aromatic heterocycles. The second kappa shape index (κ2) is 78.3. The Balaban J connectivity index is 5.23. The summed E-state index contributed by atoms with van der Waals surface area (Å²) < 4.78 is 68.9. The molecular weight excluding hydrogens is 1380 g/mol. The standard InChI is InChI=1S/C87H170O17P2/c1-7-10-12-14-16-18-20-22-24-26-28-29-31-33-35-39-43-47-51-59-65-71-86(91)103-82(75-97-84(89)69-63-57-50-46-42-38-34-32-30-27-25-23-21-19-17-15-13-11-8-2)77-101-105(93,94)99-73-81(88)74-100-106(95,96)102-78-83(76-98-85(90)70-64-58-54-53-56-62-68-80(6)9-3)104-87(92)72-66-60-52-48-44-40-36-37-41-45-49-55-61-67-79(4)5/h79-83,88H,7-78H2,1-6H3,(H,93,94)(H,95,96)/t80?,81-,82-,83-/m1/s1. The molecule has 3 N–H and O–H groups in total. The number of phosphoric acid groups is 2. The Morgan fingerprint density at radius 2 is 0.481 bits per heavy atom. The zero-order valence-electron chi connectivity index (χ0n) is 69.7. The Kier molecular flexibility index (Phi) is 76.9. The van der Waals surface area contributed by atoms with Gasteiger partial charge in [0.2, 0.25) is 0 Å². The zero-order valence-corrected chi connectivity index (χ0v) is 71.5. The van der Waals surface area contributed by atoms with Gasteiger partial charge >= 0.3 is 39.5 Å². The number of ether oxygens (including phenoxy) is 4. The van der Waals surface area contributed by atoms with E-state index < -0.39 is 97.5 Å². The minimum atomic E-state index is -4.97. The Morgan fingerprint density at radius 3 is 0.717 bits per heavy atom. The fourth-order valence-electron chi connectivity index (χ4n) is 13.6. The van der Waals surface area contributed by atoms with Crippen LogP contribution in [0.25, 0.3) is 0 Å². The van der Waals surface area contributed by atoms with Crippen molar-refractivity contribution in [3.8, 4) is 0 Å². The maximum Gasteiger partial charge on any atom is 0.472 e. The second-order valence-corrected chi connectivity index (χ2v) is 34.9. The van der Waals surface area contributed by atoms with Crippen molar-refractivity contribution in [3.63, 3.8) is 0 Å². The van der Waals surface area contributed by atoms with Crippen molar-refractivity contribution in [3.05, 3.63) is 0 Å².